The first-order valence-electron chi connectivity index (χ1n) is 10.3. The van der Waals surface area contributed by atoms with Gasteiger partial charge in [-0.3, -0.25) is 4.68 Å². The largest absolute Gasteiger partial charge is 0.382 e. The van der Waals surface area contributed by atoms with Crippen molar-refractivity contribution in [1.29, 1.82) is 5.26 Å². The molecule has 9 nitrogen and oxygen atoms in total. The summed E-state index contributed by atoms with van der Waals surface area (Å²) >= 11 is 0. The number of anilines is 1. The maximum absolute atomic E-state index is 13.2. The van der Waals surface area contributed by atoms with Crippen molar-refractivity contribution in [2.24, 2.45) is 12.5 Å². The van der Waals surface area contributed by atoms with Crippen molar-refractivity contribution in [3.05, 3.63) is 42.2 Å². The first kappa shape index (κ1) is 20.6. The second kappa shape index (κ2) is 6.85. The number of benzene rings is 1. The van der Waals surface area contributed by atoms with Gasteiger partial charge in [0, 0.05) is 24.3 Å². The Morgan fingerprint density at radius 1 is 1.22 bits per heavy atom. The number of aryl methyl sites for hydroxylation is 2. The van der Waals surface area contributed by atoms with Crippen molar-refractivity contribution in [1.82, 2.24) is 24.5 Å². The molecule has 3 aromatic rings. The van der Waals surface area contributed by atoms with Crippen LogP contribution in [0.5, 0.6) is 0 Å². The van der Waals surface area contributed by atoms with Gasteiger partial charge in [-0.25, -0.2) is 23.1 Å². The maximum Gasteiger partial charge on any atom is 0.241 e. The van der Waals surface area contributed by atoms with Crippen LogP contribution in [0.4, 0.5) is 5.82 Å². The summed E-state index contributed by atoms with van der Waals surface area (Å²) in [6.07, 6.45) is 5.91. The molecule has 2 aromatic heterocycles. The highest BCUT2D eigenvalue weighted by Crippen LogP contribution is 2.61. The van der Waals surface area contributed by atoms with Crippen LogP contribution in [0.3, 0.4) is 0 Å². The fourth-order valence-electron chi connectivity index (χ4n) is 4.98. The molecular formula is C22H23N7O2S. The Morgan fingerprint density at radius 3 is 2.66 bits per heavy atom. The number of aromatic nitrogens is 4. The third kappa shape index (κ3) is 3.25. The smallest absolute Gasteiger partial charge is 0.241 e. The number of hydrogen-bond acceptors (Lipinski definition) is 7. The fraction of sp³-hybridized carbons (Fsp3) is 0.364. The van der Waals surface area contributed by atoms with Crippen molar-refractivity contribution in [2.45, 2.75) is 43.0 Å². The molecule has 0 aliphatic heterocycles. The average molecular weight is 450 g/mol. The van der Waals surface area contributed by atoms with Crippen LogP contribution in [0.2, 0.25) is 0 Å². The second-order valence-corrected chi connectivity index (χ2v) is 10.7. The van der Waals surface area contributed by atoms with Crippen molar-refractivity contribution in [3.8, 4) is 28.7 Å². The van der Waals surface area contributed by atoms with E-state index in [0.717, 1.165) is 12.0 Å². The van der Waals surface area contributed by atoms with Gasteiger partial charge in [-0.2, -0.15) is 10.4 Å². The highest BCUT2D eigenvalue weighted by Gasteiger charge is 2.62. The molecule has 3 N–H and O–H groups in total. The van der Waals surface area contributed by atoms with Crippen molar-refractivity contribution in [3.63, 3.8) is 0 Å². The van der Waals surface area contributed by atoms with E-state index in [2.05, 4.69) is 25.9 Å². The molecule has 0 amide bonds. The van der Waals surface area contributed by atoms with Crippen LogP contribution in [0.1, 0.15) is 31.2 Å². The van der Waals surface area contributed by atoms with Gasteiger partial charge in [-0.1, -0.05) is 6.07 Å². The van der Waals surface area contributed by atoms with E-state index in [1.54, 1.807) is 42.2 Å². The number of fused-ring (bicyclic) bond motifs is 1. The molecule has 3 aliphatic rings. The zero-order valence-electron chi connectivity index (χ0n) is 17.8. The summed E-state index contributed by atoms with van der Waals surface area (Å²) in [7, 11) is -1.96. The Hall–Kier alpha value is -3.29. The quantitative estimate of drug-likeness (QED) is 0.610. The number of nitriles is 1. The Kier molecular flexibility index (Phi) is 4.41. The minimum absolute atomic E-state index is 0.159. The minimum Gasteiger partial charge on any atom is -0.382 e. The van der Waals surface area contributed by atoms with E-state index in [-0.39, 0.29) is 16.1 Å². The van der Waals surface area contributed by atoms with E-state index in [4.69, 9.17) is 5.73 Å². The van der Waals surface area contributed by atoms with Gasteiger partial charge in [0.05, 0.1) is 28.3 Å². The third-order valence-electron chi connectivity index (χ3n) is 6.58. The summed E-state index contributed by atoms with van der Waals surface area (Å²) in [5, 5.41) is 13.7. The average Bonchev–Trinajstić information content (AvgIpc) is 3.41. The lowest BCUT2D eigenvalue weighted by molar-refractivity contribution is 0.161. The summed E-state index contributed by atoms with van der Waals surface area (Å²) in [5.74, 6) is 0.252. The number of nitrogens with two attached hydrogens (primary N) is 1. The maximum atomic E-state index is 13.2. The predicted molar refractivity (Wildman–Crippen MR) is 118 cm³/mol. The Morgan fingerprint density at radius 2 is 2.00 bits per heavy atom. The minimum atomic E-state index is -3.76. The Bertz CT molecular complexity index is 1380. The van der Waals surface area contributed by atoms with Crippen LogP contribution >= 0.6 is 0 Å². The molecule has 0 unspecified atom stereocenters. The van der Waals surface area contributed by atoms with Crippen LogP contribution in [-0.2, 0) is 17.1 Å². The number of nitrogens with one attached hydrogen (secondary N) is 1. The lowest BCUT2D eigenvalue weighted by Gasteiger charge is -2.43. The number of nitrogen functional groups attached to an aromatic ring is 1. The summed E-state index contributed by atoms with van der Waals surface area (Å²) in [4.78, 5) is 9.06. The van der Waals surface area contributed by atoms with Gasteiger partial charge in [0.25, 0.3) is 0 Å². The van der Waals surface area contributed by atoms with E-state index in [1.807, 2.05) is 6.92 Å². The molecule has 6 rings (SSSR count). The molecule has 2 heterocycles. The molecule has 10 heteroatoms. The molecule has 0 spiro atoms. The topological polar surface area (TPSA) is 140 Å². The van der Waals surface area contributed by atoms with Crippen molar-refractivity contribution in [2.75, 3.05) is 5.73 Å². The van der Waals surface area contributed by atoms with Crippen molar-refractivity contribution < 1.29 is 8.42 Å². The Labute approximate surface area is 186 Å². The molecule has 3 aliphatic carbocycles. The van der Waals surface area contributed by atoms with E-state index in [1.165, 1.54) is 6.20 Å². The van der Waals surface area contributed by atoms with Gasteiger partial charge in [0.15, 0.2) is 5.82 Å². The zero-order chi connectivity index (χ0) is 22.7. The molecule has 0 radical (unpaired) electrons. The van der Waals surface area contributed by atoms with Gasteiger partial charge in [-0.05, 0) is 56.4 Å². The lowest BCUT2D eigenvalue weighted by Crippen LogP contribution is -2.55. The zero-order valence-corrected chi connectivity index (χ0v) is 18.6. The third-order valence-corrected chi connectivity index (χ3v) is 8.15. The fourth-order valence-corrected chi connectivity index (χ4v) is 6.43. The van der Waals surface area contributed by atoms with E-state index < -0.39 is 15.6 Å². The lowest BCUT2D eigenvalue weighted by atomic mass is 9.66. The summed E-state index contributed by atoms with van der Waals surface area (Å²) in [5.41, 5.74) is 8.23. The first-order chi connectivity index (χ1) is 15.1. The number of nitrogens with zero attached hydrogens (tertiary/aromatic N) is 5. The SMILES string of the molecule is Cc1ccc(S(=O)(=O)NC23CCC(C#N)(C2)C3)cc1-c1cnc(N)c(-c2ccn(C)n2)n1. The Balaban J connectivity index is 1.49. The molecule has 0 saturated heterocycles. The van der Waals surface area contributed by atoms with E-state index in [0.29, 0.717) is 41.9 Å². The normalized spacial score (nSPS) is 24.2. The monoisotopic (exact) mass is 449 g/mol. The van der Waals surface area contributed by atoms with Gasteiger partial charge in [-0.15, -0.1) is 0 Å². The standard InChI is InChI=1S/C22H23N7O2S/c1-14-3-4-15(32(30,31)28-22-7-6-21(11-22,12-22)13-23)9-16(14)18-10-25-20(24)19(26-18)17-5-8-29(2)27-17/h3-5,8-10,28H,6-7,11-12H2,1-2H3,(H2,24,25). The molecule has 2 bridgehead atoms. The summed E-state index contributed by atoms with van der Waals surface area (Å²) < 4.78 is 30.9. The molecule has 1 aromatic carbocycles. The van der Waals surface area contributed by atoms with Gasteiger partial charge >= 0.3 is 0 Å². The van der Waals surface area contributed by atoms with Crippen LogP contribution in [-0.4, -0.2) is 33.7 Å². The van der Waals surface area contributed by atoms with E-state index in [9.17, 15) is 13.7 Å². The van der Waals surface area contributed by atoms with Crippen molar-refractivity contribution >= 4 is 15.8 Å². The molecule has 164 valence electrons. The number of rotatable bonds is 5. The predicted octanol–water partition coefficient (Wildman–Crippen LogP) is 2.55. The van der Waals surface area contributed by atoms with Gasteiger partial charge in [0.1, 0.15) is 11.4 Å². The molecule has 3 saturated carbocycles. The summed E-state index contributed by atoms with van der Waals surface area (Å²) in [6.45, 7) is 1.89. The van der Waals surface area contributed by atoms with E-state index >= 15 is 0 Å². The highest BCUT2D eigenvalue weighted by atomic mass is 32.2. The second-order valence-electron chi connectivity index (χ2n) is 8.97. The number of sulfonamides is 1. The van der Waals surface area contributed by atoms with Gasteiger partial charge < -0.3 is 5.73 Å². The van der Waals surface area contributed by atoms with Crippen LogP contribution in [0, 0.1) is 23.7 Å². The first-order valence-corrected chi connectivity index (χ1v) is 11.8. The van der Waals surface area contributed by atoms with Crippen LogP contribution < -0.4 is 10.5 Å². The number of hydrogen-bond donors (Lipinski definition) is 2. The molecular weight excluding hydrogens is 426 g/mol. The molecule has 3 fully saturated rings. The highest BCUT2D eigenvalue weighted by molar-refractivity contribution is 7.89. The summed E-state index contributed by atoms with van der Waals surface area (Å²) in [6, 6.07) is 9.11. The van der Waals surface area contributed by atoms with Crippen LogP contribution in [0.25, 0.3) is 22.6 Å². The van der Waals surface area contributed by atoms with Gasteiger partial charge in [0.2, 0.25) is 10.0 Å². The van der Waals surface area contributed by atoms with Crippen LogP contribution in [0.15, 0.2) is 41.6 Å². The molecule has 32 heavy (non-hydrogen) atoms. The molecule has 0 atom stereocenters.